The number of halogens is 2. The molecule has 134 valence electrons. The molecule has 0 saturated heterocycles. The van der Waals surface area contributed by atoms with Gasteiger partial charge in [-0.05, 0) is 43.2 Å². The van der Waals surface area contributed by atoms with Gasteiger partial charge < -0.3 is 5.32 Å². The number of aryl methyl sites for hydroxylation is 1. The maximum Gasteiger partial charge on any atom is 0.282 e. The van der Waals surface area contributed by atoms with E-state index in [-0.39, 0.29) is 4.88 Å². The van der Waals surface area contributed by atoms with E-state index in [4.69, 9.17) is 0 Å². The van der Waals surface area contributed by atoms with Crippen LogP contribution in [0.5, 0.6) is 0 Å². The fourth-order valence-electron chi connectivity index (χ4n) is 3.62. The zero-order chi connectivity index (χ0) is 18.0. The number of benzene rings is 1. The molecule has 1 heterocycles. The van der Waals surface area contributed by atoms with Crippen LogP contribution in [-0.4, -0.2) is 10.9 Å². The highest BCUT2D eigenvalue weighted by Gasteiger charge is 2.26. The van der Waals surface area contributed by atoms with E-state index in [0.29, 0.717) is 16.8 Å². The normalized spacial score (nSPS) is 20.7. The van der Waals surface area contributed by atoms with Crippen molar-refractivity contribution in [3.05, 3.63) is 45.4 Å². The van der Waals surface area contributed by atoms with Crippen LogP contribution in [0.25, 0.3) is 0 Å². The lowest BCUT2D eigenvalue weighted by molar-refractivity contribution is 0.101. The Bertz CT molecular complexity index is 760. The number of carbonyl (C=O) groups excluding carboxylic acids is 1. The van der Waals surface area contributed by atoms with Crippen molar-refractivity contribution in [2.75, 3.05) is 5.32 Å². The number of rotatable bonds is 4. The average molecular weight is 364 g/mol. The zero-order valence-corrected chi connectivity index (χ0v) is 15.2. The summed E-state index contributed by atoms with van der Waals surface area (Å²) in [6, 6.07) is 7.70. The first-order valence-electron chi connectivity index (χ1n) is 8.61. The van der Waals surface area contributed by atoms with E-state index >= 15 is 0 Å². The van der Waals surface area contributed by atoms with Crippen LogP contribution in [0.15, 0.2) is 24.3 Å². The van der Waals surface area contributed by atoms with E-state index in [1.165, 1.54) is 12.8 Å². The van der Waals surface area contributed by atoms with Crippen molar-refractivity contribution in [2.24, 2.45) is 5.92 Å². The largest absolute Gasteiger partial charge is 0.321 e. The molecule has 1 aliphatic carbocycles. The second-order valence-corrected chi connectivity index (χ2v) is 7.96. The Balaban J connectivity index is 1.85. The Hall–Kier alpha value is -1.82. The van der Waals surface area contributed by atoms with Crippen LogP contribution in [0.4, 0.5) is 14.5 Å². The van der Waals surface area contributed by atoms with Gasteiger partial charge in [-0.3, -0.25) is 4.79 Å². The van der Waals surface area contributed by atoms with Gasteiger partial charge in [-0.25, -0.2) is 13.8 Å². The van der Waals surface area contributed by atoms with Crippen LogP contribution in [0.1, 0.15) is 70.9 Å². The zero-order valence-electron chi connectivity index (χ0n) is 14.4. The SMILES string of the molecule is Cc1nc(C(F)F)c(C(=O)Nc2ccccc2C2CCC[C@@H](C)C2)s1. The third kappa shape index (κ3) is 4.06. The third-order valence-corrected chi connectivity index (χ3v) is 5.74. The second-order valence-electron chi connectivity index (χ2n) is 6.76. The van der Waals surface area contributed by atoms with Crippen molar-refractivity contribution >= 4 is 22.9 Å². The molecule has 2 aromatic rings. The summed E-state index contributed by atoms with van der Waals surface area (Å²) in [6.07, 6.45) is 1.86. The Morgan fingerprint density at radius 1 is 1.32 bits per heavy atom. The number of thiazole rings is 1. The van der Waals surface area contributed by atoms with E-state index in [2.05, 4.69) is 17.2 Å². The van der Waals surface area contributed by atoms with Crippen LogP contribution in [0.3, 0.4) is 0 Å². The Morgan fingerprint density at radius 3 is 2.80 bits per heavy atom. The van der Waals surface area contributed by atoms with Crippen LogP contribution in [0, 0.1) is 12.8 Å². The number of nitrogens with zero attached hydrogens (tertiary/aromatic N) is 1. The van der Waals surface area contributed by atoms with Gasteiger partial charge in [-0.1, -0.05) is 38.0 Å². The molecule has 0 bridgehead atoms. The lowest BCUT2D eigenvalue weighted by Crippen LogP contribution is -2.17. The molecule has 0 spiro atoms. The van der Waals surface area contributed by atoms with Gasteiger partial charge in [-0.2, -0.15) is 0 Å². The molecule has 1 fully saturated rings. The van der Waals surface area contributed by atoms with Gasteiger partial charge in [0.25, 0.3) is 12.3 Å². The fraction of sp³-hybridized carbons (Fsp3) is 0.474. The summed E-state index contributed by atoms with van der Waals surface area (Å²) in [4.78, 5) is 16.4. The minimum atomic E-state index is -2.75. The molecule has 2 atom stereocenters. The summed E-state index contributed by atoms with van der Waals surface area (Å²) in [5.74, 6) is 0.562. The van der Waals surface area contributed by atoms with Crippen LogP contribution in [0.2, 0.25) is 0 Å². The molecule has 1 aromatic heterocycles. The molecule has 1 aromatic carbocycles. The molecule has 1 saturated carbocycles. The molecule has 1 aliphatic rings. The number of hydrogen-bond donors (Lipinski definition) is 1. The van der Waals surface area contributed by atoms with Crippen molar-refractivity contribution in [2.45, 2.75) is 51.9 Å². The lowest BCUT2D eigenvalue weighted by atomic mass is 9.78. The number of nitrogens with one attached hydrogen (secondary N) is 1. The standard InChI is InChI=1S/C19H22F2N2OS/c1-11-6-5-7-13(10-11)14-8-3-4-9-15(14)23-19(24)17-16(18(20)21)22-12(2)25-17/h3-4,8-9,11,13,18H,5-7,10H2,1-2H3,(H,23,24)/t11-,13?/m1/s1. The highest BCUT2D eigenvalue weighted by molar-refractivity contribution is 7.13. The minimum Gasteiger partial charge on any atom is -0.321 e. The summed E-state index contributed by atoms with van der Waals surface area (Å²) >= 11 is 1.01. The first kappa shape index (κ1) is 18.0. The summed E-state index contributed by atoms with van der Waals surface area (Å²) in [6.45, 7) is 3.88. The quantitative estimate of drug-likeness (QED) is 0.730. The third-order valence-electron chi connectivity index (χ3n) is 4.76. The van der Waals surface area contributed by atoms with Crippen molar-refractivity contribution in [3.8, 4) is 0 Å². The highest BCUT2D eigenvalue weighted by Crippen LogP contribution is 2.39. The summed E-state index contributed by atoms with van der Waals surface area (Å²) in [5.41, 5.74) is 1.39. The first-order chi connectivity index (χ1) is 12.0. The molecule has 6 heteroatoms. The number of carbonyl (C=O) groups is 1. The second kappa shape index (κ2) is 7.60. The van der Waals surface area contributed by atoms with Crippen molar-refractivity contribution < 1.29 is 13.6 Å². The molecule has 1 amide bonds. The topological polar surface area (TPSA) is 42.0 Å². The van der Waals surface area contributed by atoms with Crippen LogP contribution in [-0.2, 0) is 0 Å². The highest BCUT2D eigenvalue weighted by atomic mass is 32.1. The predicted molar refractivity (Wildman–Crippen MR) is 96.6 cm³/mol. The Kier molecular flexibility index (Phi) is 5.47. The molecular weight excluding hydrogens is 342 g/mol. The van der Waals surface area contributed by atoms with Crippen LogP contribution >= 0.6 is 11.3 Å². The van der Waals surface area contributed by atoms with E-state index in [1.807, 2.05) is 24.3 Å². The molecule has 25 heavy (non-hydrogen) atoms. The first-order valence-corrected chi connectivity index (χ1v) is 9.43. The van der Waals surface area contributed by atoms with E-state index < -0.39 is 18.0 Å². The maximum absolute atomic E-state index is 13.1. The summed E-state index contributed by atoms with van der Waals surface area (Å²) in [5, 5.41) is 3.31. The number of para-hydroxylation sites is 1. The average Bonchev–Trinajstić information content (AvgIpc) is 2.98. The van der Waals surface area contributed by atoms with Gasteiger partial charge >= 0.3 is 0 Å². The lowest BCUT2D eigenvalue weighted by Gasteiger charge is -2.28. The van der Waals surface area contributed by atoms with Gasteiger partial charge in [-0.15, -0.1) is 11.3 Å². The Morgan fingerprint density at radius 2 is 2.08 bits per heavy atom. The van der Waals surface area contributed by atoms with Gasteiger partial charge in [0.1, 0.15) is 10.6 Å². The molecule has 1 N–H and O–H groups in total. The minimum absolute atomic E-state index is 0.000634. The molecule has 0 aliphatic heterocycles. The van der Waals surface area contributed by atoms with Gasteiger partial charge in [0.15, 0.2) is 0 Å². The smallest absolute Gasteiger partial charge is 0.282 e. The monoisotopic (exact) mass is 364 g/mol. The Labute approximate surface area is 150 Å². The van der Waals surface area contributed by atoms with Gasteiger partial charge in [0.05, 0.1) is 5.01 Å². The van der Waals surface area contributed by atoms with Crippen LogP contribution < -0.4 is 5.32 Å². The number of aromatic nitrogens is 1. The fourth-order valence-corrected chi connectivity index (χ4v) is 4.44. The van der Waals surface area contributed by atoms with Gasteiger partial charge in [0, 0.05) is 5.69 Å². The van der Waals surface area contributed by atoms with Crippen molar-refractivity contribution in [1.29, 1.82) is 0 Å². The molecule has 3 nitrogen and oxygen atoms in total. The van der Waals surface area contributed by atoms with E-state index in [0.717, 1.165) is 35.4 Å². The molecule has 0 radical (unpaired) electrons. The number of amides is 1. The maximum atomic E-state index is 13.1. The van der Waals surface area contributed by atoms with Crippen molar-refractivity contribution in [3.63, 3.8) is 0 Å². The molecule has 3 rings (SSSR count). The number of alkyl halides is 2. The molecule has 1 unspecified atom stereocenters. The number of hydrogen-bond acceptors (Lipinski definition) is 3. The molecular formula is C19H22F2N2OS. The van der Waals surface area contributed by atoms with E-state index in [9.17, 15) is 13.6 Å². The predicted octanol–water partition coefficient (Wildman–Crippen LogP) is 5.94. The van der Waals surface area contributed by atoms with Crippen molar-refractivity contribution in [1.82, 2.24) is 4.98 Å². The summed E-state index contributed by atoms with van der Waals surface area (Å²) < 4.78 is 26.2. The summed E-state index contributed by atoms with van der Waals surface area (Å²) in [7, 11) is 0. The number of anilines is 1. The van der Waals surface area contributed by atoms with E-state index in [1.54, 1.807) is 6.92 Å². The van der Waals surface area contributed by atoms with Gasteiger partial charge in [0.2, 0.25) is 0 Å².